The molecule has 2 amide bonds. The summed E-state index contributed by atoms with van der Waals surface area (Å²) in [5.41, 5.74) is 0. The molecule has 0 aromatic heterocycles. The van der Waals surface area contributed by atoms with E-state index >= 15 is 0 Å². The summed E-state index contributed by atoms with van der Waals surface area (Å²) in [7, 11) is 1.45. The number of rotatable bonds is 5. The number of urea groups is 1. The molecule has 7 heteroatoms. The lowest BCUT2D eigenvalue weighted by Gasteiger charge is -2.23. The van der Waals surface area contributed by atoms with Crippen LogP contribution >= 0.6 is 0 Å². The fourth-order valence-corrected chi connectivity index (χ4v) is 2.17. The van der Waals surface area contributed by atoms with Crippen LogP contribution in [-0.2, 0) is 4.79 Å². The number of aliphatic carboxylic acids is 1. The Balaban J connectivity index is 2.36. The molecule has 0 heterocycles. The van der Waals surface area contributed by atoms with Crippen molar-refractivity contribution < 1.29 is 23.5 Å². The van der Waals surface area contributed by atoms with Crippen LogP contribution in [-0.4, -0.2) is 48.1 Å². The predicted octanol–water partition coefficient (Wildman–Crippen LogP) is 1.78. The van der Waals surface area contributed by atoms with Gasteiger partial charge in [0.2, 0.25) is 0 Å². The molecule has 1 rings (SSSR count). The first-order chi connectivity index (χ1) is 8.74. The SMILES string of the molecule is CC(CN(C)C(=O)NCC1CCCC1(F)F)C(=O)O. The summed E-state index contributed by atoms with van der Waals surface area (Å²) in [6.45, 7) is 1.46. The fourth-order valence-electron chi connectivity index (χ4n) is 2.17. The summed E-state index contributed by atoms with van der Waals surface area (Å²) < 4.78 is 26.7. The Morgan fingerprint density at radius 1 is 1.53 bits per heavy atom. The monoisotopic (exact) mass is 278 g/mol. The summed E-state index contributed by atoms with van der Waals surface area (Å²) in [5.74, 6) is -5.22. The van der Waals surface area contributed by atoms with Gasteiger partial charge in [0.1, 0.15) is 0 Å². The van der Waals surface area contributed by atoms with Crippen molar-refractivity contribution >= 4 is 12.0 Å². The molecule has 0 spiro atoms. The van der Waals surface area contributed by atoms with Crippen molar-refractivity contribution in [3.63, 3.8) is 0 Å². The summed E-state index contributed by atoms with van der Waals surface area (Å²) in [6, 6.07) is -0.518. The van der Waals surface area contributed by atoms with E-state index in [4.69, 9.17) is 5.11 Å². The van der Waals surface area contributed by atoms with Crippen LogP contribution in [0, 0.1) is 11.8 Å². The highest BCUT2D eigenvalue weighted by atomic mass is 19.3. The molecule has 5 nitrogen and oxygen atoms in total. The highest BCUT2D eigenvalue weighted by Crippen LogP contribution is 2.39. The molecule has 0 aromatic rings. The average molecular weight is 278 g/mol. The van der Waals surface area contributed by atoms with Gasteiger partial charge in [-0.3, -0.25) is 4.79 Å². The van der Waals surface area contributed by atoms with Crippen molar-refractivity contribution in [1.82, 2.24) is 10.2 Å². The molecule has 0 bridgehead atoms. The van der Waals surface area contributed by atoms with Crippen molar-refractivity contribution in [2.75, 3.05) is 20.1 Å². The van der Waals surface area contributed by atoms with Gasteiger partial charge in [-0.2, -0.15) is 0 Å². The number of amides is 2. The van der Waals surface area contributed by atoms with Crippen LogP contribution in [0.4, 0.5) is 13.6 Å². The lowest BCUT2D eigenvalue weighted by Crippen LogP contribution is -2.44. The summed E-state index contributed by atoms with van der Waals surface area (Å²) in [6.07, 6.45) is 0.751. The molecule has 2 unspecified atom stereocenters. The van der Waals surface area contributed by atoms with Crippen LogP contribution in [0.25, 0.3) is 0 Å². The maximum absolute atomic E-state index is 13.3. The van der Waals surface area contributed by atoms with Crippen molar-refractivity contribution in [2.45, 2.75) is 32.1 Å². The minimum absolute atomic E-state index is 0.0439. The molecule has 2 N–H and O–H groups in total. The molecule has 0 saturated heterocycles. The van der Waals surface area contributed by atoms with Gasteiger partial charge >= 0.3 is 12.0 Å². The third-order valence-corrected chi connectivity index (χ3v) is 3.48. The summed E-state index contributed by atoms with van der Waals surface area (Å²) >= 11 is 0. The number of carboxylic acid groups (broad SMARTS) is 1. The van der Waals surface area contributed by atoms with E-state index in [1.165, 1.54) is 18.9 Å². The molecule has 110 valence electrons. The number of hydrogen-bond donors (Lipinski definition) is 2. The third-order valence-electron chi connectivity index (χ3n) is 3.48. The maximum atomic E-state index is 13.3. The molecule has 0 radical (unpaired) electrons. The van der Waals surface area contributed by atoms with Gasteiger partial charge in [0.25, 0.3) is 5.92 Å². The van der Waals surface area contributed by atoms with Gasteiger partial charge in [0, 0.05) is 32.5 Å². The lowest BCUT2D eigenvalue weighted by atomic mass is 10.1. The number of hydrogen-bond acceptors (Lipinski definition) is 2. The molecular weight excluding hydrogens is 258 g/mol. The second-order valence-corrected chi connectivity index (χ2v) is 5.16. The first-order valence-electron chi connectivity index (χ1n) is 6.33. The Morgan fingerprint density at radius 3 is 2.63 bits per heavy atom. The van der Waals surface area contributed by atoms with Crippen molar-refractivity contribution in [3.8, 4) is 0 Å². The fraction of sp³-hybridized carbons (Fsp3) is 0.833. The number of carbonyl (C=O) groups excluding carboxylic acids is 1. The smallest absolute Gasteiger partial charge is 0.317 e. The highest BCUT2D eigenvalue weighted by Gasteiger charge is 2.43. The molecule has 1 aliphatic carbocycles. The normalized spacial score (nSPS) is 22.8. The molecular formula is C12H20F2N2O3. The molecule has 1 aliphatic rings. The van der Waals surface area contributed by atoms with Crippen LogP contribution in [0.15, 0.2) is 0 Å². The van der Waals surface area contributed by atoms with E-state index < -0.39 is 29.8 Å². The average Bonchev–Trinajstić information content (AvgIpc) is 2.64. The molecule has 0 aliphatic heterocycles. The van der Waals surface area contributed by atoms with Gasteiger partial charge in [0.15, 0.2) is 0 Å². The van der Waals surface area contributed by atoms with Crippen LogP contribution < -0.4 is 5.32 Å². The van der Waals surface area contributed by atoms with Gasteiger partial charge in [-0.15, -0.1) is 0 Å². The lowest BCUT2D eigenvalue weighted by molar-refractivity contribution is -0.141. The maximum Gasteiger partial charge on any atom is 0.317 e. The van der Waals surface area contributed by atoms with Gasteiger partial charge in [-0.25, -0.2) is 13.6 Å². The van der Waals surface area contributed by atoms with E-state index in [9.17, 15) is 18.4 Å². The highest BCUT2D eigenvalue weighted by molar-refractivity contribution is 5.75. The van der Waals surface area contributed by atoms with Crippen molar-refractivity contribution in [2.24, 2.45) is 11.8 Å². The first kappa shape index (κ1) is 15.7. The van der Waals surface area contributed by atoms with E-state index in [0.29, 0.717) is 12.8 Å². The summed E-state index contributed by atoms with van der Waals surface area (Å²) in [5, 5.41) is 11.2. The number of halogens is 2. The van der Waals surface area contributed by atoms with E-state index in [1.54, 1.807) is 0 Å². The van der Waals surface area contributed by atoms with E-state index in [0.717, 1.165) is 0 Å². The predicted molar refractivity (Wildman–Crippen MR) is 65.1 cm³/mol. The van der Waals surface area contributed by atoms with Crippen molar-refractivity contribution in [3.05, 3.63) is 0 Å². The standard InChI is InChI=1S/C12H20F2N2O3/c1-8(10(17)18)7-16(2)11(19)15-6-9-4-3-5-12(9,13)14/h8-9H,3-7H2,1-2H3,(H,15,19)(H,17,18). The minimum atomic E-state index is -2.71. The van der Waals surface area contributed by atoms with Crippen LogP contribution in [0.3, 0.4) is 0 Å². The number of nitrogens with zero attached hydrogens (tertiary/aromatic N) is 1. The Bertz CT molecular complexity index is 350. The number of carbonyl (C=O) groups is 2. The number of nitrogens with one attached hydrogen (secondary N) is 1. The molecule has 1 saturated carbocycles. The van der Waals surface area contributed by atoms with Crippen LogP contribution in [0.5, 0.6) is 0 Å². The zero-order valence-corrected chi connectivity index (χ0v) is 11.2. The van der Waals surface area contributed by atoms with E-state index in [1.807, 2.05) is 0 Å². The van der Waals surface area contributed by atoms with Crippen LogP contribution in [0.2, 0.25) is 0 Å². The van der Waals surface area contributed by atoms with Gasteiger partial charge in [0.05, 0.1) is 5.92 Å². The van der Waals surface area contributed by atoms with Gasteiger partial charge in [-0.1, -0.05) is 6.92 Å². The largest absolute Gasteiger partial charge is 0.481 e. The Kier molecular flexibility index (Phi) is 5.08. The first-order valence-corrected chi connectivity index (χ1v) is 6.33. The van der Waals surface area contributed by atoms with Crippen molar-refractivity contribution in [1.29, 1.82) is 0 Å². The minimum Gasteiger partial charge on any atom is -0.481 e. The van der Waals surface area contributed by atoms with E-state index in [2.05, 4.69) is 5.32 Å². The third kappa shape index (κ3) is 4.33. The summed E-state index contributed by atoms with van der Waals surface area (Å²) in [4.78, 5) is 23.5. The zero-order valence-electron chi connectivity index (χ0n) is 11.2. The topological polar surface area (TPSA) is 69.6 Å². The molecule has 2 atom stereocenters. The van der Waals surface area contributed by atoms with Gasteiger partial charge in [-0.05, 0) is 12.8 Å². The molecule has 19 heavy (non-hydrogen) atoms. The molecule has 1 fully saturated rings. The van der Waals surface area contributed by atoms with Crippen LogP contribution in [0.1, 0.15) is 26.2 Å². The number of alkyl halides is 2. The Morgan fingerprint density at radius 2 is 2.16 bits per heavy atom. The van der Waals surface area contributed by atoms with Gasteiger partial charge < -0.3 is 15.3 Å². The second-order valence-electron chi connectivity index (χ2n) is 5.16. The van der Waals surface area contributed by atoms with E-state index in [-0.39, 0.29) is 19.5 Å². The zero-order chi connectivity index (χ0) is 14.6. The number of carboxylic acids is 1. The molecule has 0 aromatic carbocycles. The Hall–Kier alpha value is -1.40. The quantitative estimate of drug-likeness (QED) is 0.805. The Labute approximate surface area is 111 Å². The second kappa shape index (κ2) is 6.16.